The highest BCUT2D eigenvalue weighted by Gasteiger charge is 2.20. The fourth-order valence-corrected chi connectivity index (χ4v) is 4.07. The zero-order valence-corrected chi connectivity index (χ0v) is 17.0. The number of benzene rings is 2. The number of hydrogen-bond acceptors (Lipinski definition) is 3. The van der Waals surface area contributed by atoms with Crippen molar-refractivity contribution in [1.29, 1.82) is 0 Å². The predicted octanol–water partition coefficient (Wildman–Crippen LogP) is 4.31. The van der Waals surface area contributed by atoms with E-state index in [0.717, 1.165) is 42.4 Å². The van der Waals surface area contributed by atoms with Crippen LogP contribution in [0, 0.1) is 5.92 Å². The molecule has 0 spiro atoms. The Kier molecular flexibility index (Phi) is 6.49. The number of rotatable bonds is 7. The van der Waals surface area contributed by atoms with Gasteiger partial charge >= 0.3 is 0 Å². The van der Waals surface area contributed by atoms with Gasteiger partial charge in [0.1, 0.15) is 0 Å². The van der Waals surface area contributed by atoms with Crippen LogP contribution in [0.15, 0.2) is 54.7 Å². The third-order valence-electron chi connectivity index (χ3n) is 5.50. The second-order valence-corrected chi connectivity index (χ2v) is 7.97. The summed E-state index contributed by atoms with van der Waals surface area (Å²) in [4.78, 5) is 16.1. The molecule has 29 heavy (non-hydrogen) atoms. The molecule has 1 saturated heterocycles. The van der Waals surface area contributed by atoms with Crippen LogP contribution in [0.5, 0.6) is 0 Å². The minimum Gasteiger partial charge on any atom is -0.379 e. The number of piperidine rings is 1. The van der Waals surface area contributed by atoms with Gasteiger partial charge in [-0.1, -0.05) is 35.9 Å². The molecule has 0 bridgehead atoms. The quantitative estimate of drug-likeness (QED) is 0.542. The maximum atomic E-state index is 12.9. The third kappa shape index (κ3) is 4.99. The van der Waals surface area contributed by atoms with E-state index < -0.39 is 0 Å². The highest BCUT2D eigenvalue weighted by atomic mass is 35.5. The average molecular weight is 412 g/mol. The van der Waals surface area contributed by atoms with E-state index in [0.29, 0.717) is 29.7 Å². The Balaban J connectivity index is 1.46. The van der Waals surface area contributed by atoms with E-state index in [9.17, 15) is 4.79 Å². The molecule has 5 nitrogen and oxygen atoms in total. The fourth-order valence-electron chi connectivity index (χ4n) is 3.80. The summed E-state index contributed by atoms with van der Waals surface area (Å²) in [5, 5.41) is 8.19. The van der Waals surface area contributed by atoms with Crippen LogP contribution in [0.2, 0.25) is 5.02 Å². The van der Waals surface area contributed by atoms with Crippen LogP contribution in [0.4, 0.5) is 0 Å². The number of amides is 1. The molecule has 1 aliphatic heterocycles. The van der Waals surface area contributed by atoms with Gasteiger partial charge in [0.15, 0.2) is 0 Å². The number of nitrogens with one attached hydrogen (secondary N) is 3. The summed E-state index contributed by atoms with van der Waals surface area (Å²) in [5.74, 6) is 0.422. The second-order valence-electron chi connectivity index (χ2n) is 7.56. The lowest BCUT2D eigenvalue weighted by atomic mass is 9.99. The van der Waals surface area contributed by atoms with Gasteiger partial charge in [-0.25, -0.2) is 0 Å². The van der Waals surface area contributed by atoms with Crippen LogP contribution in [0.25, 0.3) is 10.9 Å². The van der Waals surface area contributed by atoms with Crippen molar-refractivity contribution < 1.29 is 9.53 Å². The zero-order valence-electron chi connectivity index (χ0n) is 16.3. The van der Waals surface area contributed by atoms with Crippen molar-refractivity contribution >= 4 is 28.4 Å². The van der Waals surface area contributed by atoms with E-state index in [2.05, 4.69) is 15.6 Å². The molecule has 4 rings (SSSR count). The van der Waals surface area contributed by atoms with E-state index in [4.69, 9.17) is 16.3 Å². The molecule has 1 amide bonds. The number of halogens is 1. The van der Waals surface area contributed by atoms with Gasteiger partial charge in [-0.3, -0.25) is 4.79 Å². The molecular weight excluding hydrogens is 386 g/mol. The first-order valence-corrected chi connectivity index (χ1v) is 10.5. The Morgan fingerprint density at radius 1 is 1.17 bits per heavy atom. The summed E-state index contributed by atoms with van der Waals surface area (Å²) in [6.45, 7) is 3.18. The van der Waals surface area contributed by atoms with Crippen molar-refractivity contribution in [3.8, 4) is 0 Å². The fraction of sp³-hybridized carbons (Fsp3) is 0.348. The number of hydrogen-bond donors (Lipinski definition) is 3. The van der Waals surface area contributed by atoms with E-state index >= 15 is 0 Å². The van der Waals surface area contributed by atoms with Crippen molar-refractivity contribution in [2.45, 2.75) is 18.9 Å². The van der Waals surface area contributed by atoms with Gasteiger partial charge in [0.2, 0.25) is 0 Å². The number of fused-ring (bicyclic) bond motifs is 1. The van der Waals surface area contributed by atoms with Gasteiger partial charge in [0, 0.05) is 28.9 Å². The minimum atomic E-state index is -0.308. The lowest BCUT2D eigenvalue weighted by Gasteiger charge is -2.25. The van der Waals surface area contributed by atoms with Crippen LogP contribution >= 0.6 is 11.6 Å². The third-order valence-corrected chi connectivity index (χ3v) is 5.84. The van der Waals surface area contributed by atoms with Gasteiger partial charge in [-0.15, -0.1) is 0 Å². The maximum Gasteiger partial charge on any atom is 0.251 e. The summed E-state index contributed by atoms with van der Waals surface area (Å²) in [6.07, 6.45) is 4.12. The van der Waals surface area contributed by atoms with E-state index in [1.54, 1.807) is 0 Å². The van der Waals surface area contributed by atoms with Crippen molar-refractivity contribution in [3.05, 3.63) is 70.9 Å². The summed E-state index contributed by atoms with van der Waals surface area (Å²) in [7, 11) is 0. The highest BCUT2D eigenvalue weighted by Crippen LogP contribution is 2.24. The zero-order chi connectivity index (χ0) is 20.1. The Bertz CT molecular complexity index is 965. The molecule has 1 atom stereocenters. The number of ether oxygens (including phenoxy) is 1. The topological polar surface area (TPSA) is 66.2 Å². The molecule has 3 N–H and O–H groups in total. The monoisotopic (exact) mass is 411 g/mol. The molecule has 1 aromatic heterocycles. The van der Waals surface area contributed by atoms with Gasteiger partial charge in [-0.05, 0) is 67.1 Å². The van der Waals surface area contributed by atoms with Crippen molar-refractivity contribution in [2.24, 2.45) is 5.92 Å². The molecule has 3 aromatic rings. The maximum absolute atomic E-state index is 12.9. The predicted molar refractivity (Wildman–Crippen MR) is 116 cm³/mol. The first-order chi connectivity index (χ1) is 14.2. The molecule has 1 unspecified atom stereocenters. The standard InChI is InChI=1S/C23H26ClN3O2/c24-20-4-2-1-3-19(20)22(15-29-14-16-7-10-25-11-8-16)27-23(28)18-6-5-17-9-12-26-21(17)13-18/h1-6,9,12-13,16,22,25-26H,7-8,10-11,14-15H2,(H,27,28). The van der Waals surface area contributed by atoms with Crippen LogP contribution in [0.1, 0.15) is 34.8 Å². The smallest absolute Gasteiger partial charge is 0.251 e. The van der Waals surface area contributed by atoms with Crippen LogP contribution in [0.3, 0.4) is 0 Å². The molecule has 6 heteroatoms. The Hall–Kier alpha value is -2.34. The normalized spacial score (nSPS) is 16.0. The van der Waals surface area contributed by atoms with Gasteiger partial charge < -0.3 is 20.4 Å². The minimum absolute atomic E-state index is 0.142. The van der Waals surface area contributed by atoms with Crippen LogP contribution in [-0.4, -0.2) is 37.2 Å². The van der Waals surface area contributed by atoms with Crippen LogP contribution < -0.4 is 10.6 Å². The van der Waals surface area contributed by atoms with Gasteiger partial charge in [0.05, 0.1) is 12.6 Å². The first-order valence-electron chi connectivity index (χ1n) is 10.1. The first kappa shape index (κ1) is 20.0. The van der Waals surface area contributed by atoms with Gasteiger partial charge in [0.25, 0.3) is 5.91 Å². The number of aromatic nitrogens is 1. The Morgan fingerprint density at radius 3 is 2.83 bits per heavy atom. The summed E-state index contributed by atoms with van der Waals surface area (Å²) >= 11 is 6.42. The lowest BCUT2D eigenvalue weighted by Crippen LogP contribution is -2.33. The largest absolute Gasteiger partial charge is 0.379 e. The molecule has 1 aliphatic rings. The molecule has 2 aromatic carbocycles. The summed E-state index contributed by atoms with van der Waals surface area (Å²) in [6, 6.07) is 14.9. The lowest BCUT2D eigenvalue weighted by molar-refractivity contribution is 0.0656. The van der Waals surface area contributed by atoms with Crippen molar-refractivity contribution in [2.75, 3.05) is 26.3 Å². The molecule has 0 radical (unpaired) electrons. The molecular formula is C23H26ClN3O2. The molecule has 0 aliphatic carbocycles. The number of H-pyrrole nitrogens is 1. The molecule has 1 fully saturated rings. The number of carbonyl (C=O) groups excluding carboxylic acids is 1. The second kappa shape index (κ2) is 9.44. The van der Waals surface area contributed by atoms with Gasteiger partial charge in [-0.2, -0.15) is 0 Å². The summed E-state index contributed by atoms with van der Waals surface area (Å²) < 4.78 is 6.03. The van der Waals surface area contributed by atoms with E-state index in [1.165, 1.54) is 0 Å². The summed E-state index contributed by atoms with van der Waals surface area (Å²) in [5.41, 5.74) is 2.42. The van der Waals surface area contributed by atoms with Crippen molar-refractivity contribution in [1.82, 2.24) is 15.6 Å². The van der Waals surface area contributed by atoms with E-state index in [-0.39, 0.29) is 11.9 Å². The van der Waals surface area contributed by atoms with Crippen LogP contribution in [-0.2, 0) is 4.74 Å². The molecule has 2 heterocycles. The Labute approximate surface area is 175 Å². The molecule has 152 valence electrons. The highest BCUT2D eigenvalue weighted by molar-refractivity contribution is 6.31. The Morgan fingerprint density at radius 2 is 2.00 bits per heavy atom. The van der Waals surface area contributed by atoms with E-state index in [1.807, 2.05) is 54.7 Å². The van der Waals surface area contributed by atoms with Crippen molar-refractivity contribution in [3.63, 3.8) is 0 Å². The SMILES string of the molecule is O=C(NC(COCC1CCNCC1)c1ccccc1Cl)c1ccc2cc[nH]c2c1. The number of aromatic amines is 1. The number of carbonyl (C=O) groups is 1. The molecule has 0 saturated carbocycles. The average Bonchev–Trinajstić information content (AvgIpc) is 3.22.